The summed E-state index contributed by atoms with van der Waals surface area (Å²) in [4.78, 5) is 36.1. The van der Waals surface area contributed by atoms with E-state index in [1.54, 1.807) is 31.4 Å². The monoisotopic (exact) mass is 422 g/mol. The fraction of sp³-hybridized carbons (Fsp3) is 0.421. The second-order valence-corrected chi connectivity index (χ2v) is 7.33. The van der Waals surface area contributed by atoms with Crippen molar-refractivity contribution in [1.82, 2.24) is 16.0 Å². The Balaban J connectivity index is 1.85. The molecule has 2 atom stereocenters. The largest absolute Gasteiger partial charge is 0.497 e. The first-order valence-corrected chi connectivity index (χ1v) is 10.1. The molecular formula is C19H26N4O5S. The minimum atomic E-state index is -0.461. The minimum Gasteiger partial charge on any atom is -0.497 e. The van der Waals surface area contributed by atoms with E-state index in [4.69, 9.17) is 9.47 Å². The van der Waals surface area contributed by atoms with Gasteiger partial charge >= 0.3 is 0 Å². The SMILES string of the molecule is C=CCNC(=O)CC1CC(=O)NC(SCC(=O)Nc2ccc(OC)cc2OC)N1. The van der Waals surface area contributed by atoms with Crippen molar-refractivity contribution in [3.05, 3.63) is 30.9 Å². The van der Waals surface area contributed by atoms with Gasteiger partial charge < -0.3 is 25.4 Å². The number of thioether (sulfide) groups is 1. The van der Waals surface area contributed by atoms with Gasteiger partial charge in [-0.2, -0.15) is 0 Å². The molecule has 1 aliphatic rings. The summed E-state index contributed by atoms with van der Waals surface area (Å²) in [5.74, 6) is 0.622. The van der Waals surface area contributed by atoms with Crippen LogP contribution in [0.1, 0.15) is 12.8 Å². The van der Waals surface area contributed by atoms with Crippen molar-refractivity contribution in [2.24, 2.45) is 0 Å². The molecule has 0 radical (unpaired) electrons. The lowest BCUT2D eigenvalue weighted by molar-refractivity contribution is -0.125. The van der Waals surface area contributed by atoms with Crippen molar-refractivity contribution < 1.29 is 23.9 Å². The highest BCUT2D eigenvalue weighted by molar-refractivity contribution is 8.00. The molecule has 158 valence electrons. The average Bonchev–Trinajstić information content (AvgIpc) is 2.70. The van der Waals surface area contributed by atoms with E-state index in [0.29, 0.717) is 23.7 Å². The van der Waals surface area contributed by atoms with Gasteiger partial charge in [0.2, 0.25) is 17.7 Å². The molecule has 0 bridgehead atoms. The molecule has 0 aliphatic carbocycles. The molecule has 3 amide bonds. The number of hydrogen-bond donors (Lipinski definition) is 4. The maximum Gasteiger partial charge on any atom is 0.234 e. The Morgan fingerprint density at radius 3 is 2.79 bits per heavy atom. The van der Waals surface area contributed by atoms with E-state index in [-0.39, 0.29) is 42.4 Å². The van der Waals surface area contributed by atoms with Gasteiger partial charge in [-0.3, -0.25) is 19.7 Å². The van der Waals surface area contributed by atoms with E-state index in [0.717, 1.165) is 0 Å². The van der Waals surface area contributed by atoms with Gasteiger partial charge in [0.15, 0.2) is 0 Å². The van der Waals surface area contributed by atoms with Crippen molar-refractivity contribution >= 4 is 35.2 Å². The molecule has 0 spiro atoms. The molecule has 1 aliphatic heterocycles. The van der Waals surface area contributed by atoms with E-state index >= 15 is 0 Å². The first-order chi connectivity index (χ1) is 13.9. The molecule has 1 heterocycles. The van der Waals surface area contributed by atoms with Gasteiger partial charge in [-0.05, 0) is 12.1 Å². The van der Waals surface area contributed by atoms with Crippen molar-refractivity contribution in [2.75, 3.05) is 31.8 Å². The number of nitrogens with one attached hydrogen (secondary N) is 4. The third-order valence-corrected chi connectivity index (χ3v) is 5.07. The Morgan fingerprint density at radius 2 is 2.10 bits per heavy atom. The van der Waals surface area contributed by atoms with Gasteiger partial charge in [0.1, 0.15) is 17.0 Å². The number of benzene rings is 1. The number of hydrogen-bond acceptors (Lipinski definition) is 7. The molecule has 2 rings (SSSR count). The highest BCUT2D eigenvalue weighted by Gasteiger charge is 2.28. The van der Waals surface area contributed by atoms with Crippen LogP contribution in [-0.4, -0.2) is 55.8 Å². The third-order valence-electron chi connectivity index (χ3n) is 4.05. The number of ether oxygens (including phenoxy) is 2. The maximum absolute atomic E-state index is 12.3. The van der Waals surface area contributed by atoms with Gasteiger partial charge in [0, 0.05) is 31.5 Å². The summed E-state index contributed by atoms with van der Waals surface area (Å²) in [6, 6.07) is 4.79. The molecule has 4 N–H and O–H groups in total. The Morgan fingerprint density at radius 1 is 1.31 bits per heavy atom. The normalized spacial score (nSPS) is 18.3. The number of carbonyl (C=O) groups is 3. The van der Waals surface area contributed by atoms with Crippen molar-refractivity contribution in [1.29, 1.82) is 0 Å². The summed E-state index contributed by atoms with van der Waals surface area (Å²) in [6.45, 7) is 3.92. The summed E-state index contributed by atoms with van der Waals surface area (Å²) in [5, 5.41) is 11.4. The van der Waals surface area contributed by atoms with Crippen LogP contribution in [0.25, 0.3) is 0 Å². The molecule has 1 aromatic rings. The van der Waals surface area contributed by atoms with E-state index in [1.165, 1.54) is 18.9 Å². The van der Waals surface area contributed by atoms with Crippen LogP contribution in [0.3, 0.4) is 0 Å². The standard InChI is InChI=1S/C19H26N4O5S/c1-4-7-20-16(24)8-12-9-17(25)23-19(21-12)29-11-18(26)22-14-6-5-13(27-2)10-15(14)28-3/h4-6,10,12,19,21H,1,7-9,11H2,2-3H3,(H,20,24)(H,22,26)(H,23,25). The smallest absolute Gasteiger partial charge is 0.234 e. The fourth-order valence-corrected chi connectivity index (χ4v) is 3.59. The molecule has 0 saturated carbocycles. The third kappa shape index (κ3) is 7.31. The van der Waals surface area contributed by atoms with E-state index in [9.17, 15) is 14.4 Å². The summed E-state index contributed by atoms with van der Waals surface area (Å²) >= 11 is 1.23. The van der Waals surface area contributed by atoms with Gasteiger partial charge in [0.05, 0.1) is 25.7 Å². The van der Waals surface area contributed by atoms with Crippen LogP contribution < -0.4 is 30.7 Å². The summed E-state index contributed by atoms with van der Waals surface area (Å²) in [6.07, 6.45) is 1.97. The summed E-state index contributed by atoms with van der Waals surface area (Å²) in [5.41, 5.74) is 0.0632. The lowest BCUT2D eigenvalue weighted by Crippen LogP contribution is -2.56. The lowest BCUT2D eigenvalue weighted by atomic mass is 10.1. The highest BCUT2D eigenvalue weighted by Crippen LogP contribution is 2.29. The van der Waals surface area contributed by atoms with Crippen LogP contribution in [0.2, 0.25) is 0 Å². The van der Waals surface area contributed by atoms with Crippen LogP contribution in [0.4, 0.5) is 5.69 Å². The van der Waals surface area contributed by atoms with E-state index < -0.39 is 5.50 Å². The number of carbonyl (C=O) groups excluding carboxylic acids is 3. The minimum absolute atomic E-state index is 0.0997. The van der Waals surface area contributed by atoms with Crippen molar-refractivity contribution in [3.63, 3.8) is 0 Å². The zero-order valence-electron chi connectivity index (χ0n) is 16.4. The average molecular weight is 423 g/mol. The first kappa shape index (κ1) is 22.6. The van der Waals surface area contributed by atoms with E-state index in [1.807, 2.05) is 0 Å². The Labute approximate surface area is 174 Å². The van der Waals surface area contributed by atoms with Crippen LogP contribution in [0.15, 0.2) is 30.9 Å². The maximum atomic E-state index is 12.3. The van der Waals surface area contributed by atoms with E-state index in [2.05, 4.69) is 27.8 Å². The number of methoxy groups -OCH3 is 2. The molecule has 9 nitrogen and oxygen atoms in total. The van der Waals surface area contributed by atoms with Crippen molar-refractivity contribution in [2.45, 2.75) is 24.4 Å². The fourth-order valence-electron chi connectivity index (χ4n) is 2.69. The molecule has 2 unspecified atom stereocenters. The first-order valence-electron chi connectivity index (χ1n) is 9.01. The molecule has 0 aromatic heterocycles. The van der Waals surface area contributed by atoms with Crippen molar-refractivity contribution in [3.8, 4) is 11.5 Å². The molecule has 29 heavy (non-hydrogen) atoms. The lowest BCUT2D eigenvalue weighted by Gasteiger charge is -2.30. The summed E-state index contributed by atoms with van der Waals surface area (Å²) in [7, 11) is 3.05. The van der Waals surface area contributed by atoms with Crippen LogP contribution in [0, 0.1) is 0 Å². The predicted molar refractivity (Wildman–Crippen MR) is 112 cm³/mol. The van der Waals surface area contributed by atoms with Crippen LogP contribution in [-0.2, 0) is 14.4 Å². The predicted octanol–water partition coefficient (Wildman–Crippen LogP) is 0.830. The molecular weight excluding hydrogens is 396 g/mol. The quantitative estimate of drug-likeness (QED) is 0.413. The Kier molecular flexibility index (Phi) is 8.81. The number of anilines is 1. The zero-order valence-corrected chi connectivity index (χ0v) is 17.3. The van der Waals surface area contributed by atoms with Gasteiger partial charge in [-0.25, -0.2) is 0 Å². The Hall–Kier alpha value is -2.72. The molecule has 1 saturated heterocycles. The van der Waals surface area contributed by atoms with Crippen LogP contribution in [0.5, 0.6) is 11.5 Å². The molecule has 1 aromatic carbocycles. The van der Waals surface area contributed by atoms with Gasteiger partial charge in [0.25, 0.3) is 0 Å². The summed E-state index contributed by atoms with van der Waals surface area (Å²) < 4.78 is 10.4. The van der Waals surface area contributed by atoms with Crippen LogP contribution >= 0.6 is 11.8 Å². The van der Waals surface area contributed by atoms with Gasteiger partial charge in [-0.1, -0.05) is 6.08 Å². The second kappa shape index (κ2) is 11.3. The highest BCUT2D eigenvalue weighted by atomic mass is 32.2. The van der Waals surface area contributed by atoms with Gasteiger partial charge in [-0.15, -0.1) is 18.3 Å². The number of amides is 3. The zero-order chi connectivity index (χ0) is 21.2. The topological polar surface area (TPSA) is 118 Å². The second-order valence-electron chi connectivity index (χ2n) is 6.24. The number of rotatable bonds is 10. The Bertz CT molecular complexity index is 758. The molecule has 10 heteroatoms. The molecule has 1 fully saturated rings.